The van der Waals surface area contributed by atoms with Crippen LogP contribution in [-0.4, -0.2) is 9.55 Å². The molecule has 3 nitrogen and oxygen atoms in total. The van der Waals surface area contributed by atoms with E-state index in [9.17, 15) is 0 Å². The third kappa shape index (κ3) is 1.82. The van der Waals surface area contributed by atoms with Crippen LogP contribution in [0.2, 0.25) is 0 Å². The standard InChI is InChI=1S/C13H13N3/c1-10-3-4-11(2)16(10)13-9-12(5-7-14)6-8-15-13/h3-4,6,8-9H,5H2,1-2H3. The number of hydrogen-bond donors (Lipinski definition) is 0. The van der Waals surface area contributed by atoms with Gasteiger partial charge in [-0.25, -0.2) is 4.98 Å². The molecule has 0 amide bonds. The predicted molar refractivity (Wildman–Crippen MR) is 62.4 cm³/mol. The van der Waals surface area contributed by atoms with Gasteiger partial charge in [0.2, 0.25) is 0 Å². The average molecular weight is 211 g/mol. The summed E-state index contributed by atoms with van der Waals surface area (Å²) in [6.45, 7) is 4.09. The number of hydrogen-bond acceptors (Lipinski definition) is 2. The smallest absolute Gasteiger partial charge is 0.137 e. The Labute approximate surface area is 95.0 Å². The van der Waals surface area contributed by atoms with Crippen molar-refractivity contribution in [3.63, 3.8) is 0 Å². The van der Waals surface area contributed by atoms with E-state index in [-0.39, 0.29) is 0 Å². The van der Waals surface area contributed by atoms with Gasteiger partial charge in [-0.05, 0) is 43.7 Å². The number of nitrogens with zero attached hydrogens (tertiary/aromatic N) is 3. The first kappa shape index (κ1) is 10.4. The van der Waals surface area contributed by atoms with Crippen LogP contribution in [0.15, 0.2) is 30.5 Å². The Morgan fingerprint density at radius 2 is 1.94 bits per heavy atom. The number of nitriles is 1. The second-order valence-electron chi connectivity index (χ2n) is 3.81. The highest BCUT2D eigenvalue weighted by atomic mass is 15.1. The van der Waals surface area contributed by atoms with E-state index in [0.717, 1.165) is 22.8 Å². The maximum Gasteiger partial charge on any atom is 0.137 e. The van der Waals surface area contributed by atoms with Gasteiger partial charge in [-0.2, -0.15) is 5.26 Å². The van der Waals surface area contributed by atoms with Crippen molar-refractivity contribution in [2.45, 2.75) is 20.3 Å². The molecule has 2 rings (SSSR count). The van der Waals surface area contributed by atoms with Crippen molar-refractivity contribution in [1.29, 1.82) is 5.26 Å². The van der Waals surface area contributed by atoms with Crippen molar-refractivity contribution in [2.24, 2.45) is 0 Å². The SMILES string of the molecule is Cc1ccc(C)n1-c1cc(CC#N)ccn1. The Balaban J connectivity index is 2.49. The third-order valence-electron chi connectivity index (χ3n) is 2.59. The van der Waals surface area contributed by atoms with Gasteiger partial charge in [0.15, 0.2) is 0 Å². The minimum absolute atomic E-state index is 0.425. The molecule has 0 radical (unpaired) electrons. The topological polar surface area (TPSA) is 41.6 Å². The molecule has 2 heterocycles. The lowest BCUT2D eigenvalue weighted by atomic mass is 10.2. The van der Waals surface area contributed by atoms with Crippen LogP contribution < -0.4 is 0 Å². The lowest BCUT2D eigenvalue weighted by molar-refractivity contribution is 0.917. The van der Waals surface area contributed by atoms with Gasteiger partial charge < -0.3 is 4.57 Å². The fourth-order valence-corrected chi connectivity index (χ4v) is 1.81. The molecule has 2 aromatic rings. The molecular weight excluding hydrogens is 198 g/mol. The Kier molecular flexibility index (Phi) is 2.74. The molecule has 3 heteroatoms. The van der Waals surface area contributed by atoms with Gasteiger partial charge in [-0.1, -0.05) is 0 Å². The van der Waals surface area contributed by atoms with E-state index in [4.69, 9.17) is 5.26 Å². The maximum atomic E-state index is 8.67. The summed E-state index contributed by atoms with van der Waals surface area (Å²) in [5.41, 5.74) is 3.30. The van der Waals surface area contributed by atoms with Crippen LogP contribution in [0.1, 0.15) is 17.0 Å². The number of aryl methyl sites for hydroxylation is 2. The molecule has 80 valence electrons. The van der Waals surface area contributed by atoms with E-state index in [1.54, 1.807) is 6.20 Å². The van der Waals surface area contributed by atoms with E-state index in [2.05, 4.69) is 27.8 Å². The Morgan fingerprint density at radius 1 is 1.25 bits per heavy atom. The molecule has 0 unspecified atom stereocenters. The fourth-order valence-electron chi connectivity index (χ4n) is 1.81. The zero-order valence-electron chi connectivity index (χ0n) is 9.44. The average Bonchev–Trinajstić information content (AvgIpc) is 2.59. The highest BCUT2D eigenvalue weighted by Crippen LogP contribution is 2.15. The first-order valence-electron chi connectivity index (χ1n) is 5.19. The van der Waals surface area contributed by atoms with Gasteiger partial charge in [0.25, 0.3) is 0 Å². The summed E-state index contributed by atoms with van der Waals surface area (Å²) < 4.78 is 2.08. The van der Waals surface area contributed by atoms with Crippen molar-refractivity contribution in [3.05, 3.63) is 47.4 Å². The van der Waals surface area contributed by atoms with E-state index < -0.39 is 0 Å². The van der Waals surface area contributed by atoms with Crippen LogP contribution in [0.25, 0.3) is 5.82 Å². The third-order valence-corrected chi connectivity index (χ3v) is 2.59. The van der Waals surface area contributed by atoms with Crippen molar-refractivity contribution >= 4 is 0 Å². The molecule has 0 saturated carbocycles. The number of aromatic nitrogens is 2. The Bertz CT molecular complexity index is 527. The summed E-state index contributed by atoms with van der Waals surface area (Å²) in [4.78, 5) is 4.34. The molecule has 0 bridgehead atoms. The molecule has 0 N–H and O–H groups in total. The Hall–Kier alpha value is -2.08. The van der Waals surface area contributed by atoms with Gasteiger partial charge in [0, 0.05) is 17.6 Å². The van der Waals surface area contributed by atoms with E-state index >= 15 is 0 Å². The zero-order valence-corrected chi connectivity index (χ0v) is 9.44. The fraction of sp³-hybridized carbons (Fsp3) is 0.231. The Morgan fingerprint density at radius 3 is 2.56 bits per heavy atom. The quantitative estimate of drug-likeness (QED) is 0.766. The van der Waals surface area contributed by atoms with E-state index in [1.807, 2.05) is 26.0 Å². The summed E-state index contributed by atoms with van der Waals surface area (Å²) in [7, 11) is 0. The summed E-state index contributed by atoms with van der Waals surface area (Å²) in [6, 6.07) is 10.1. The normalized spacial score (nSPS) is 10.1. The van der Waals surface area contributed by atoms with Crippen molar-refractivity contribution in [1.82, 2.24) is 9.55 Å². The lowest BCUT2D eigenvalue weighted by Crippen LogP contribution is -2.02. The molecule has 0 spiro atoms. The number of pyridine rings is 1. The first-order chi connectivity index (χ1) is 7.72. The molecule has 0 aliphatic heterocycles. The molecule has 0 aromatic carbocycles. The van der Waals surface area contributed by atoms with Crippen LogP contribution in [0.3, 0.4) is 0 Å². The molecule has 0 fully saturated rings. The van der Waals surface area contributed by atoms with Crippen LogP contribution in [0.5, 0.6) is 0 Å². The van der Waals surface area contributed by atoms with Crippen molar-refractivity contribution < 1.29 is 0 Å². The molecule has 2 aromatic heterocycles. The van der Waals surface area contributed by atoms with Gasteiger partial charge in [-0.15, -0.1) is 0 Å². The summed E-state index contributed by atoms with van der Waals surface area (Å²) >= 11 is 0. The zero-order chi connectivity index (χ0) is 11.5. The van der Waals surface area contributed by atoms with Crippen LogP contribution in [-0.2, 0) is 6.42 Å². The highest BCUT2D eigenvalue weighted by molar-refractivity contribution is 5.34. The first-order valence-corrected chi connectivity index (χ1v) is 5.19. The van der Waals surface area contributed by atoms with E-state index in [0.29, 0.717) is 6.42 Å². The molecule has 0 aliphatic carbocycles. The molecule has 16 heavy (non-hydrogen) atoms. The molecule has 0 atom stereocenters. The van der Waals surface area contributed by atoms with Crippen LogP contribution >= 0.6 is 0 Å². The largest absolute Gasteiger partial charge is 0.303 e. The van der Waals surface area contributed by atoms with Crippen LogP contribution in [0.4, 0.5) is 0 Å². The summed E-state index contributed by atoms with van der Waals surface area (Å²) in [5, 5.41) is 8.67. The predicted octanol–water partition coefficient (Wildman–Crippen LogP) is 2.56. The monoisotopic (exact) mass is 211 g/mol. The second kappa shape index (κ2) is 4.19. The van der Waals surface area contributed by atoms with E-state index in [1.165, 1.54) is 0 Å². The molecule has 0 saturated heterocycles. The summed E-state index contributed by atoms with van der Waals surface area (Å²) in [6.07, 6.45) is 2.18. The molecular formula is C13H13N3. The van der Waals surface area contributed by atoms with Gasteiger partial charge in [-0.3, -0.25) is 0 Å². The van der Waals surface area contributed by atoms with Crippen LogP contribution in [0, 0.1) is 25.2 Å². The van der Waals surface area contributed by atoms with Crippen molar-refractivity contribution in [2.75, 3.05) is 0 Å². The minimum Gasteiger partial charge on any atom is -0.303 e. The highest BCUT2D eigenvalue weighted by Gasteiger charge is 2.05. The lowest BCUT2D eigenvalue weighted by Gasteiger charge is -2.08. The molecule has 0 aliphatic rings. The van der Waals surface area contributed by atoms with Crippen molar-refractivity contribution in [3.8, 4) is 11.9 Å². The van der Waals surface area contributed by atoms with Gasteiger partial charge in [0.1, 0.15) is 5.82 Å². The number of rotatable bonds is 2. The van der Waals surface area contributed by atoms with Gasteiger partial charge >= 0.3 is 0 Å². The maximum absolute atomic E-state index is 8.67. The summed E-state index contributed by atoms with van der Waals surface area (Å²) in [5.74, 6) is 0.882. The van der Waals surface area contributed by atoms with Gasteiger partial charge in [0.05, 0.1) is 12.5 Å². The second-order valence-corrected chi connectivity index (χ2v) is 3.81. The minimum atomic E-state index is 0.425.